The number of furan rings is 1. The number of benzene rings is 1. The maximum atomic E-state index is 11.8. The average molecular weight is 344 g/mol. The summed E-state index contributed by atoms with van der Waals surface area (Å²) >= 11 is 0. The standard InChI is InChI=1S/C20H28N2O3/c1-2-3-4-5-6-12-24-18-10-7-9-17(14-18)21-16-20(23)22-15-19-11-8-13-25-19/h7-11,13-14,21H,2-6,12,15-16H2,1H3,(H,22,23). The molecule has 2 rings (SSSR count). The minimum absolute atomic E-state index is 0.0846. The topological polar surface area (TPSA) is 63.5 Å². The SMILES string of the molecule is CCCCCCCOc1cccc(NCC(=O)NCc2ccco2)c1. The second-order valence-electron chi connectivity index (χ2n) is 6.00. The minimum atomic E-state index is -0.0846. The molecule has 1 heterocycles. The van der Waals surface area contributed by atoms with Crippen molar-refractivity contribution in [3.8, 4) is 5.75 Å². The zero-order valence-corrected chi connectivity index (χ0v) is 14.9. The summed E-state index contributed by atoms with van der Waals surface area (Å²) < 4.78 is 11.0. The van der Waals surface area contributed by atoms with Crippen molar-refractivity contribution >= 4 is 11.6 Å². The summed E-state index contributed by atoms with van der Waals surface area (Å²) in [6.07, 6.45) is 7.70. The van der Waals surface area contributed by atoms with Crippen LogP contribution in [0, 0.1) is 0 Å². The van der Waals surface area contributed by atoms with Crippen LogP contribution in [0.4, 0.5) is 5.69 Å². The maximum absolute atomic E-state index is 11.8. The third-order valence-electron chi connectivity index (χ3n) is 3.84. The van der Waals surface area contributed by atoms with Crippen LogP contribution in [0.25, 0.3) is 0 Å². The molecule has 0 saturated carbocycles. The van der Waals surface area contributed by atoms with Gasteiger partial charge in [0.05, 0.1) is 26.0 Å². The number of unbranched alkanes of at least 4 members (excludes halogenated alkanes) is 4. The Morgan fingerprint density at radius 3 is 2.80 bits per heavy atom. The largest absolute Gasteiger partial charge is 0.494 e. The maximum Gasteiger partial charge on any atom is 0.239 e. The monoisotopic (exact) mass is 344 g/mol. The lowest BCUT2D eigenvalue weighted by Gasteiger charge is -2.10. The molecule has 1 aromatic carbocycles. The van der Waals surface area contributed by atoms with E-state index in [1.54, 1.807) is 12.3 Å². The lowest BCUT2D eigenvalue weighted by Crippen LogP contribution is -2.29. The number of anilines is 1. The summed E-state index contributed by atoms with van der Waals surface area (Å²) in [5.74, 6) is 1.48. The average Bonchev–Trinajstić information content (AvgIpc) is 3.15. The first-order valence-corrected chi connectivity index (χ1v) is 9.03. The fourth-order valence-electron chi connectivity index (χ4n) is 2.44. The van der Waals surface area contributed by atoms with Crippen LogP contribution in [0.3, 0.4) is 0 Å². The highest BCUT2D eigenvalue weighted by Gasteiger charge is 2.03. The van der Waals surface area contributed by atoms with E-state index in [2.05, 4.69) is 17.6 Å². The molecular formula is C20H28N2O3. The van der Waals surface area contributed by atoms with E-state index in [-0.39, 0.29) is 12.5 Å². The number of hydrogen-bond acceptors (Lipinski definition) is 4. The van der Waals surface area contributed by atoms with E-state index < -0.39 is 0 Å². The fourth-order valence-corrected chi connectivity index (χ4v) is 2.44. The second-order valence-corrected chi connectivity index (χ2v) is 6.00. The van der Waals surface area contributed by atoms with E-state index in [1.165, 1.54) is 25.7 Å². The molecule has 1 aromatic heterocycles. The summed E-state index contributed by atoms with van der Waals surface area (Å²) in [5, 5.41) is 5.91. The first-order valence-electron chi connectivity index (χ1n) is 9.03. The van der Waals surface area contributed by atoms with Gasteiger partial charge in [0.2, 0.25) is 5.91 Å². The van der Waals surface area contributed by atoms with Crippen molar-refractivity contribution in [1.29, 1.82) is 0 Å². The van der Waals surface area contributed by atoms with Crippen molar-refractivity contribution in [2.75, 3.05) is 18.5 Å². The zero-order valence-electron chi connectivity index (χ0n) is 14.9. The molecular weight excluding hydrogens is 316 g/mol. The molecule has 0 unspecified atom stereocenters. The van der Waals surface area contributed by atoms with Crippen LogP contribution in [0.5, 0.6) is 5.75 Å². The fraction of sp³-hybridized carbons (Fsp3) is 0.450. The molecule has 0 fully saturated rings. The Kier molecular flexibility index (Phi) is 8.45. The van der Waals surface area contributed by atoms with E-state index in [9.17, 15) is 4.79 Å². The normalized spacial score (nSPS) is 10.4. The van der Waals surface area contributed by atoms with Gasteiger partial charge >= 0.3 is 0 Å². The summed E-state index contributed by atoms with van der Waals surface area (Å²) in [5.41, 5.74) is 0.872. The predicted molar refractivity (Wildman–Crippen MR) is 99.7 cm³/mol. The molecule has 2 N–H and O–H groups in total. The van der Waals surface area contributed by atoms with Crippen LogP contribution in [0.1, 0.15) is 44.8 Å². The molecule has 0 aliphatic rings. The van der Waals surface area contributed by atoms with Crippen LogP contribution >= 0.6 is 0 Å². The van der Waals surface area contributed by atoms with Gasteiger partial charge in [-0.05, 0) is 30.7 Å². The van der Waals surface area contributed by atoms with Gasteiger partial charge in [0.25, 0.3) is 0 Å². The number of carbonyl (C=O) groups is 1. The molecule has 136 valence electrons. The number of carbonyl (C=O) groups excluding carboxylic acids is 1. The third kappa shape index (κ3) is 7.79. The van der Waals surface area contributed by atoms with Crippen LogP contribution in [0.2, 0.25) is 0 Å². The van der Waals surface area contributed by atoms with E-state index in [4.69, 9.17) is 9.15 Å². The van der Waals surface area contributed by atoms with Gasteiger partial charge in [-0.1, -0.05) is 38.7 Å². The van der Waals surface area contributed by atoms with Crippen LogP contribution in [0.15, 0.2) is 47.1 Å². The first kappa shape index (κ1) is 18.9. The van der Waals surface area contributed by atoms with E-state index in [0.29, 0.717) is 6.54 Å². The number of rotatable bonds is 12. The molecule has 0 saturated heterocycles. The molecule has 1 amide bonds. The first-order chi connectivity index (χ1) is 12.3. The lowest BCUT2D eigenvalue weighted by atomic mass is 10.2. The van der Waals surface area contributed by atoms with Crippen molar-refractivity contribution < 1.29 is 13.9 Å². The van der Waals surface area contributed by atoms with Gasteiger partial charge in [-0.2, -0.15) is 0 Å². The second kappa shape index (κ2) is 11.2. The molecule has 0 aliphatic carbocycles. The number of hydrogen-bond donors (Lipinski definition) is 2. The van der Waals surface area contributed by atoms with Crippen LogP contribution in [-0.4, -0.2) is 19.1 Å². The van der Waals surface area contributed by atoms with E-state index in [1.807, 2.05) is 30.3 Å². The summed E-state index contributed by atoms with van der Waals surface area (Å²) in [6.45, 7) is 3.55. The van der Waals surface area contributed by atoms with Crippen molar-refractivity contribution in [3.63, 3.8) is 0 Å². The molecule has 0 aliphatic heterocycles. The van der Waals surface area contributed by atoms with Crippen molar-refractivity contribution in [2.45, 2.75) is 45.6 Å². The number of nitrogens with one attached hydrogen (secondary N) is 2. The quantitative estimate of drug-likeness (QED) is 0.562. The Bertz CT molecular complexity index is 611. The Morgan fingerprint density at radius 1 is 1.12 bits per heavy atom. The molecule has 5 nitrogen and oxygen atoms in total. The van der Waals surface area contributed by atoms with Gasteiger partial charge in [-0.15, -0.1) is 0 Å². The van der Waals surface area contributed by atoms with Gasteiger partial charge in [0.15, 0.2) is 0 Å². The summed E-state index contributed by atoms with van der Waals surface area (Å²) in [6, 6.07) is 11.3. The predicted octanol–water partition coefficient (Wildman–Crippen LogP) is 4.36. The Balaban J connectivity index is 1.65. The minimum Gasteiger partial charge on any atom is -0.494 e. The molecule has 2 aromatic rings. The van der Waals surface area contributed by atoms with Gasteiger partial charge in [-0.3, -0.25) is 4.79 Å². The Morgan fingerprint density at radius 2 is 2.00 bits per heavy atom. The summed E-state index contributed by atoms with van der Waals surface area (Å²) in [4.78, 5) is 11.8. The van der Waals surface area contributed by atoms with E-state index in [0.717, 1.165) is 30.2 Å². The van der Waals surface area contributed by atoms with Crippen molar-refractivity contribution in [2.24, 2.45) is 0 Å². The smallest absolute Gasteiger partial charge is 0.239 e. The Hall–Kier alpha value is -2.43. The van der Waals surface area contributed by atoms with Crippen molar-refractivity contribution in [1.82, 2.24) is 5.32 Å². The molecule has 0 spiro atoms. The van der Waals surface area contributed by atoms with E-state index >= 15 is 0 Å². The van der Waals surface area contributed by atoms with Gasteiger partial charge < -0.3 is 19.8 Å². The molecule has 5 heteroatoms. The highest BCUT2D eigenvalue weighted by atomic mass is 16.5. The highest BCUT2D eigenvalue weighted by molar-refractivity contribution is 5.80. The third-order valence-corrected chi connectivity index (χ3v) is 3.84. The van der Waals surface area contributed by atoms with Crippen LogP contribution in [-0.2, 0) is 11.3 Å². The molecule has 0 bridgehead atoms. The van der Waals surface area contributed by atoms with Crippen molar-refractivity contribution in [3.05, 3.63) is 48.4 Å². The van der Waals surface area contributed by atoms with Gasteiger partial charge in [0, 0.05) is 11.8 Å². The van der Waals surface area contributed by atoms with Gasteiger partial charge in [-0.25, -0.2) is 0 Å². The molecule has 0 atom stereocenters. The number of ether oxygens (including phenoxy) is 1. The van der Waals surface area contributed by atoms with Crippen LogP contribution < -0.4 is 15.4 Å². The Labute approximate surface area is 149 Å². The summed E-state index contributed by atoms with van der Waals surface area (Å²) in [7, 11) is 0. The highest BCUT2D eigenvalue weighted by Crippen LogP contribution is 2.17. The van der Waals surface area contributed by atoms with Gasteiger partial charge in [0.1, 0.15) is 11.5 Å². The number of amides is 1. The molecule has 25 heavy (non-hydrogen) atoms. The molecule has 0 radical (unpaired) electrons. The lowest BCUT2D eigenvalue weighted by molar-refractivity contribution is -0.119. The zero-order chi connectivity index (χ0) is 17.7.